The minimum atomic E-state index is 0.418. The fraction of sp³-hybridized carbons (Fsp3) is 0.571. The van der Waals surface area contributed by atoms with E-state index in [-0.39, 0.29) is 0 Å². The molecule has 0 spiro atoms. The van der Waals surface area contributed by atoms with Crippen LogP contribution in [0.2, 0.25) is 0 Å². The molecule has 3 heteroatoms. The van der Waals surface area contributed by atoms with Crippen LogP contribution in [0.3, 0.4) is 0 Å². The molecule has 0 bridgehead atoms. The zero-order valence-electron chi connectivity index (χ0n) is 11.0. The summed E-state index contributed by atoms with van der Waals surface area (Å²) in [5, 5.41) is 3.46. The van der Waals surface area contributed by atoms with Crippen LogP contribution < -0.4 is 14.8 Å². The summed E-state index contributed by atoms with van der Waals surface area (Å²) in [5.74, 6) is 1.69. The predicted molar refractivity (Wildman–Crippen MR) is 70.9 cm³/mol. The third-order valence-electron chi connectivity index (χ3n) is 2.67. The van der Waals surface area contributed by atoms with Crippen molar-refractivity contribution in [2.75, 3.05) is 20.3 Å². The van der Waals surface area contributed by atoms with Crippen molar-refractivity contribution in [1.82, 2.24) is 5.32 Å². The van der Waals surface area contributed by atoms with Gasteiger partial charge < -0.3 is 14.8 Å². The first-order valence-corrected chi connectivity index (χ1v) is 6.30. The topological polar surface area (TPSA) is 30.5 Å². The molecule has 0 radical (unpaired) electrons. The second kappa shape index (κ2) is 7.96. The van der Waals surface area contributed by atoms with Crippen LogP contribution in [-0.4, -0.2) is 26.3 Å². The van der Waals surface area contributed by atoms with E-state index in [2.05, 4.69) is 19.2 Å². The summed E-state index contributed by atoms with van der Waals surface area (Å²) in [6, 6.07) is 8.14. The van der Waals surface area contributed by atoms with Gasteiger partial charge in [0.05, 0.1) is 7.11 Å². The Morgan fingerprint density at radius 1 is 1.24 bits per heavy atom. The highest BCUT2D eigenvalue weighted by Crippen LogP contribution is 2.18. The van der Waals surface area contributed by atoms with Crippen molar-refractivity contribution in [2.45, 2.75) is 32.7 Å². The van der Waals surface area contributed by atoms with Gasteiger partial charge in [0.15, 0.2) is 0 Å². The highest BCUT2D eigenvalue weighted by Gasteiger charge is 2.06. The zero-order chi connectivity index (χ0) is 12.5. The lowest BCUT2D eigenvalue weighted by molar-refractivity contribution is 0.259. The van der Waals surface area contributed by atoms with Crippen molar-refractivity contribution in [1.29, 1.82) is 0 Å². The number of methoxy groups -OCH3 is 1. The van der Waals surface area contributed by atoms with Gasteiger partial charge in [-0.05, 0) is 31.5 Å². The second-order valence-electron chi connectivity index (χ2n) is 4.05. The van der Waals surface area contributed by atoms with Gasteiger partial charge in [-0.1, -0.05) is 19.9 Å². The molecule has 17 heavy (non-hydrogen) atoms. The largest absolute Gasteiger partial charge is 0.497 e. The van der Waals surface area contributed by atoms with Crippen LogP contribution >= 0.6 is 0 Å². The normalized spacial score (nSPS) is 12.2. The fourth-order valence-electron chi connectivity index (χ4n) is 1.56. The first kappa shape index (κ1) is 13.8. The number of hydrogen-bond donors (Lipinski definition) is 1. The van der Waals surface area contributed by atoms with E-state index in [9.17, 15) is 0 Å². The summed E-state index contributed by atoms with van der Waals surface area (Å²) in [7, 11) is 1.66. The first-order chi connectivity index (χ1) is 8.30. The SMILES string of the molecule is CCCNC(CC)COc1cccc(OC)c1. The Morgan fingerprint density at radius 2 is 2.00 bits per heavy atom. The third kappa shape index (κ3) is 5.09. The van der Waals surface area contributed by atoms with Crippen LogP contribution in [0.4, 0.5) is 0 Å². The summed E-state index contributed by atoms with van der Waals surface area (Å²) < 4.78 is 10.9. The summed E-state index contributed by atoms with van der Waals surface area (Å²) in [6.07, 6.45) is 2.22. The molecule has 1 aromatic rings. The molecule has 1 N–H and O–H groups in total. The third-order valence-corrected chi connectivity index (χ3v) is 2.67. The van der Waals surface area contributed by atoms with Crippen LogP contribution in [-0.2, 0) is 0 Å². The van der Waals surface area contributed by atoms with E-state index in [0.29, 0.717) is 12.6 Å². The van der Waals surface area contributed by atoms with Gasteiger partial charge in [-0.25, -0.2) is 0 Å². The molecule has 1 atom stereocenters. The van der Waals surface area contributed by atoms with Gasteiger partial charge in [0.1, 0.15) is 18.1 Å². The summed E-state index contributed by atoms with van der Waals surface area (Å²) >= 11 is 0. The second-order valence-corrected chi connectivity index (χ2v) is 4.05. The van der Waals surface area contributed by atoms with Crippen molar-refractivity contribution < 1.29 is 9.47 Å². The Labute approximate surface area is 104 Å². The van der Waals surface area contributed by atoms with Gasteiger partial charge in [-0.15, -0.1) is 0 Å². The minimum absolute atomic E-state index is 0.418. The number of benzene rings is 1. The molecular weight excluding hydrogens is 214 g/mol. The molecule has 1 unspecified atom stereocenters. The Balaban J connectivity index is 2.41. The molecule has 0 saturated carbocycles. The van der Waals surface area contributed by atoms with Crippen molar-refractivity contribution in [3.05, 3.63) is 24.3 Å². The fourth-order valence-corrected chi connectivity index (χ4v) is 1.56. The maximum Gasteiger partial charge on any atom is 0.123 e. The van der Waals surface area contributed by atoms with E-state index >= 15 is 0 Å². The Bertz CT molecular complexity index is 315. The highest BCUT2D eigenvalue weighted by atomic mass is 16.5. The van der Waals surface area contributed by atoms with Gasteiger partial charge in [-0.2, -0.15) is 0 Å². The van der Waals surface area contributed by atoms with Gasteiger partial charge in [0.2, 0.25) is 0 Å². The van der Waals surface area contributed by atoms with Crippen LogP contribution in [0, 0.1) is 0 Å². The lowest BCUT2D eigenvalue weighted by Crippen LogP contribution is -2.34. The van der Waals surface area contributed by atoms with E-state index in [1.807, 2.05) is 24.3 Å². The number of rotatable bonds is 8. The molecule has 0 aliphatic heterocycles. The van der Waals surface area contributed by atoms with Crippen molar-refractivity contribution in [3.63, 3.8) is 0 Å². The van der Waals surface area contributed by atoms with E-state index in [4.69, 9.17) is 9.47 Å². The van der Waals surface area contributed by atoms with E-state index < -0.39 is 0 Å². The average molecular weight is 237 g/mol. The summed E-state index contributed by atoms with van der Waals surface area (Å²) in [6.45, 7) is 6.08. The molecule has 0 aromatic heterocycles. The smallest absolute Gasteiger partial charge is 0.123 e. The molecule has 0 aliphatic rings. The lowest BCUT2D eigenvalue weighted by atomic mass is 10.2. The maximum atomic E-state index is 5.76. The molecule has 96 valence electrons. The van der Waals surface area contributed by atoms with Gasteiger partial charge in [0, 0.05) is 12.1 Å². The molecule has 1 rings (SSSR count). The predicted octanol–water partition coefficient (Wildman–Crippen LogP) is 2.85. The Morgan fingerprint density at radius 3 is 2.65 bits per heavy atom. The molecule has 0 amide bonds. The molecule has 0 aliphatic carbocycles. The van der Waals surface area contributed by atoms with Crippen molar-refractivity contribution >= 4 is 0 Å². The van der Waals surface area contributed by atoms with Crippen LogP contribution in [0.1, 0.15) is 26.7 Å². The zero-order valence-corrected chi connectivity index (χ0v) is 11.0. The van der Waals surface area contributed by atoms with Gasteiger partial charge in [-0.3, -0.25) is 0 Å². The lowest BCUT2D eigenvalue weighted by Gasteiger charge is -2.17. The molecule has 1 aromatic carbocycles. The van der Waals surface area contributed by atoms with Crippen LogP contribution in [0.15, 0.2) is 24.3 Å². The Kier molecular flexibility index (Phi) is 6.48. The highest BCUT2D eigenvalue weighted by molar-refractivity contribution is 5.32. The van der Waals surface area contributed by atoms with E-state index in [1.54, 1.807) is 7.11 Å². The van der Waals surface area contributed by atoms with Crippen LogP contribution in [0.5, 0.6) is 11.5 Å². The van der Waals surface area contributed by atoms with Gasteiger partial charge >= 0.3 is 0 Å². The van der Waals surface area contributed by atoms with E-state index in [0.717, 1.165) is 30.9 Å². The first-order valence-electron chi connectivity index (χ1n) is 6.30. The number of ether oxygens (including phenoxy) is 2. The Hall–Kier alpha value is -1.22. The van der Waals surface area contributed by atoms with Gasteiger partial charge in [0.25, 0.3) is 0 Å². The molecule has 0 saturated heterocycles. The number of hydrogen-bond acceptors (Lipinski definition) is 3. The number of nitrogens with one attached hydrogen (secondary N) is 1. The summed E-state index contributed by atoms with van der Waals surface area (Å²) in [4.78, 5) is 0. The monoisotopic (exact) mass is 237 g/mol. The maximum absolute atomic E-state index is 5.76. The van der Waals surface area contributed by atoms with Crippen molar-refractivity contribution in [3.8, 4) is 11.5 Å². The minimum Gasteiger partial charge on any atom is -0.497 e. The summed E-state index contributed by atoms with van der Waals surface area (Å²) in [5.41, 5.74) is 0. The van der Waals surface area contributed by atoms with E-state index in [1.165, 1.54) is 0 Å². The van der Waals surface area contributed by atoms with Crippen LogP contribution in [0.25, 0.3) is 0 Å². The standard InChI is InChI=1S/C14H23NO2/c1-4-9-15-12(5-2)11-17-14-8-6-7-13(10-14)16-3/h6-8,10,12,15H,4-5,9,11H2,1-3H3. The molecular formula is C14H23NO2. The average Bonchev–Trinajstić information content (AvgIpc) is 2.39. The molecule has 3 nitrogen and oxygen atoms in total. The molecule has 0 fully saturated rings. The quantitative estimate of drug-likeness (QED) is 0.754. The van der Waals surface area contributed by atoms with Crippen molar-refractivity contribution in [2.24, 2.45) is 0 Å². The molecule has 0 heterocycles.